The van der Waals surface area contributed by atoms with Gasteiger partial charge in [-0.3, -0.25) is 0 Å². The minimum absolute atomic E-state index is 0.332. The van der Waals surface area contributed by atoms with Gasteiger partial charge in [0, 0.05) is 5.41 Å². The van der Waals surface area contributed by atoms with Gasteiger partial charge in [-0.05, 0) is 19.8 Å². The molecule has 0 nitrogen and oxygen atoms in total. The second-order valence-corrected chi connectivity index (χ2v) is 3.47. The fourth-order valence-electron chi connectivity index (χ4n) is 1.87. The Labute approximate surface area is 75.7 Å². The number of hydrogen-bond donors (Lipinski definition) is 0. The molecule has 0 amide bonds. The molecule has 1 rings (SSSR count). The van der Waals surface area contributed by atoms with Crippen LogP contribution in [0.4, 0.5) is 0 Å². The van der Waals surface area contributed by atoms with Crippen molar-refractivity contribution in [3.63, 3.8) is 0 Å². The summed E-state index contributed by atoms with van der Waals surface area (Å²) >= 11 is 0. The molecule has 1 aliphatic carbocycles. The van der Waals surface area contributed by atoms with Crippen molar-refractivity contribution in [3.05, 3.63) is 36.5 Å². The van der Waals surface area contributed by atoms with Crippen LogP contribution in [0.3, 0.4) is 0 Å². The predicted octanol–water partition coefficient (Wildman–Crippen LogP) is 3.87. The molecule has 0 bridgehead atoms. The third kappa shape index (κ3) is 2.10. The first kappa shape index (κ1) is 9.31. The lowest BCUT2D eigenvalue weighted by Crippen LogP contribution is -2.14. The highest BCUT2D eigenvalue weighted by molar-refractivity contribution is 5.22. The van der Waals surface area contributed by atoms with E-state index in [0.29, 0.717) is 5.41 Å². The summed E-state index contributed by atoms with van der Waals surface area (Å²) < 4.78 is 0. The van der Waals surface area contributed by atoms with Gasteiger partial charge in [-0.1, -0.05) is 49.8 Å². The van der Waals surface area contributed by atoms with Crippen molar-refractivity contribution in [2.75, 3.05) is 0 Å². The summed E-state index contributed by atoms with van der Waals surface area (Å²) in [5.41, 5.74) is 0.332. The van der Waals surface area contributed by atoms with E-state index in [9.17, 15) is 0 Å². The van der Waals surface area contributed by atoms with Crippen molar-refractivity contribution in [2.24, 2.45) is 5.41 Å². The Balaban J connectivity index is 2.72. The highest BCUT2D eigenvalue weighted by atomic mass is 14.3. The monoisotopic (exact) mass is 162 g/mol. The van der Waals surface area contributed by atoms with Crippen molar-refractivity contribution in [3.8, 4) is 0 Å². The van der Waals surface area contributed by atoms with Gasteiger partial charge in [-0.2, -0.15) is 0 Å². The third-order valence-electron chi connectivity index (χ3n) is 2.39. The van der Waals surface area contributed by atoms with Crippen LogP contribution in [-0.4, -0.2) is 0 Å². The van der Waals surface area contributed by atoms with Gasteiger partial charge in [0.25, 0.3) is 0 Å². The van der Waals surface area contributed by atoms with E-state index in [0.717, 1.165) is 0 Å². The van der Waals surface area contributed by atoms with E-state index >= 15 is 0 Å². The van der Waals surface area contributed by atoms with Crippen LogP contribution in [0.2, 0.25) is 0 Å². The minimum atomic E-state index is 0.332. The first-order valence-electron chi connectivity index (χ1n) is 4.81. The molecule has 0 radical (unpaired) electrons. The quantitative estimate of drug-likeness (QED) is 0.553. The van der Waals surface area contributed by atoms with Crippen molar-refractivity contribution in [1.29, 1.82) is 0 Å². The van der Waals surface area contributed by atoms with Gasteiger partial charge in [0.05, 0.1) is 0 Å². The normalized spacial score (nSPS) is 28.5. The van der Waals surface area contributed by atoms with E-state index < -0.39 is 0 Å². The smallest absolute Gasteiger partial charge is 0.00984 e. The Bertz CT molecular complexity index is 208. The third-order valence-corrected chi connectivity index (χ3v) is 2.39. The maximum Gasteiger partial charge on any atom is 0.00984 e. The zero-order valence-electron chi connectivity index (χ0n) is 8.09. The number of rotatable bonds is 3. The standard InChI is InChI=1S/C12H18/c1-3-8-12(9-4-2)10-6-5-7-11-12/h3,5-8,10H,4,9,11H2,1-2H3. The average molecular weight is 162 g/mol. The first-order chi connectivity index (χ1) is 5.83. The molecule has 0 heteroatoms. The van der Waals surface area contributed by atoms with Crippen LogP contribution in [0.25, 0.3) is 0 Å². The maximum atomic E-state index is 2.33. The molecular weight excluding hydrogens is 144 g/mol. The summed E-state index contributed by atoms with van der Waals surface area (Å²) in [6, 6.07) is 0. The van der Waals surface area contributed by atoms with Crippen LogP contribution >= 0.6 is 0 Å². The summed E-state index contributed by atoms with van der Waals surface area (Å²) in [5, 5.41) is 0. The minimum Gasteiger partial charge on any atom is -0.0908 e. The molecule has 1 atom stereocenters. The highest BCUT2D eigenvalue weighted by Crippen LogP contribution is 2.34. The molecule has 0 heterocycles. The number of hydrogen-bond acceptors (Lipinski definition) is 0. The lowest BCUT2D eigenvalue weighted by Gasteiger charge is -2.27. The van der Waals surface area contributed by atoms with E-state index in [1.54, 1.807) is 0 Å². The second-order valence-electron chi connectivity index (χ2n) is 3.47. The second kappa shape index (κ2) is 4.30. The van der Waals surface area contributed by atoms with Crippen LogP contribution in [-0.2, 0) is 0 Å². The molecule has 1 unspecified atom stereocenters. The summed E-state index contributed by atoms with van der Waals surface area (Å²) in [5.74, 6) is 0. The zero-order chi connectivity index (χ0) is 8.86. The van der Waals surface area contributed by atoms with E-state index in [4.69, 9.17) is 0 Å². The summed E-state index contributed by atoms with van der Waals surface area (Å²) in [7, 11) is 0. The molecule has 0 aromatic carbocycles. The van der Waals surface area contributed by atoms with Crippen LogP contribution in [0.15, 0.2) is 36.5 Å². The molecule has 0 aromatic heterocycles. The average Bonchev–Trinajstić information content (AvgIpc) is 2.07. The van der Waals surface area contributed by atoms with Crippen LogP contribution in [0.1, 0.15) is 33.1 Å². The topological polar surface area (TPSA) is 0 Å². The van der Waals surface area contributed by atoms with Crippen LogP contribution in [0.5, 0.6) is 0 Å². The van der Waals surface area contributed by atoms with Crippen molar-refractivity contribution in [1.82, 2.24) is 0 Å². The zero-order valence-corrected chi connectivity index (χ0v) is 8.09. The Morgan fingerprint density at radius 1 is 1.42 bits per heavy atom. The summed E-state index contributed by atoms with van der Waals surface area (Å²) in [6.45, 7) is 4.35. The lowest BCUT2D eigenvalue weighted by atomic mass is 9.78. The molecule has 0 saturated carbocycles. The van der Waals surface area contributed by atoms with E-state index in [-0.39, 0.29) is 0 Å². The molecule has 0 spiro atoms. The molecule has 0 N–H and O–H groups in total. The van der Waals surface area contributed by atoms with Gasteiger partial charge in [-0.15, -0.1) is 0 Å². The van der Waals surface area contributed by atoms with Crippen LogP contribution < -0.4 is 0 Å². The van der Waals surface area contributed by atoms with Gasteiger partial charge < -0.3 is 0 Å². The largest absolute Gasteiger partial charge is 0.0908 e. The van der Waals surface area contributed by atoms with E-state index in [1.165, 1.54) is 19.3 Å². The fourth-order valence-corrected chi connectivity index (χ4v) is 1.87. The van der Waals surface area contributed by atoms with Crippen molar-refractivity contribution < 1.29 is 0 Å². The predicted molar refractivity (Wildman–Crippen MR) is 55.1 cm³/mol. The van der Waals surface area contributed by atoms with Crippen molar-refractivity contribution in [2.45, 2.75) is 33.1 Å². The first-order valence-corrected chi connectivity index (χ1v) is 4.81. The molecule has 12 heavy (non-hydrogen) atoms. The molecule has 66 valence electrons. The molecule has 0 fully saturated rings. The SMILES string of the molecule is CC=CC1(CCC)C=CC=CC1. The van der Waals surface area contributed by atoms with E-state index in [2.05, 4.69) is 50.3 Å². The summed E-state index contributed by atoms with van der Waals surface area (Å²) in [6.07, 6.45) is 17.1. The molecule has 0 saturated heterocycles. The molecule has 1 aliphatic rings. The Kier molecular flexibility index (Phi) is 3.33. The molecule has 0 aromatic rings. The van der Waals surface area contributed by atoms with Gasteiger partial charge in [-0.25, -0.2) is 0 Å². The van der Waals surface area contributed by atoms with Gasteiger partial charge in [0.1, 0.15) is 0 Å². The summed E-state index contributed by atoms with van der Waals surface area (Å²) in [4.78, 5) is 0. The van der Waals surface area contributed by atoms with Crippen molar-refractivity contribution >= 4 is 0 Å². The lowest BCUT2D eigenvalue weighted by molar-refractivity contribution is 0.445. The van der Waals surface area contributed by atoms with Gasteiger partial charge in [0.15, 0.2) is 0 Å². The Hall–Kier alpha value is -0.780. The van der Waals surface area contributed by atoms with Crippen LogP contribution in [0, 0.1) is 5.41 Å². The van der Waals surface area contributed by atoms with E-state index in [1.807, 2.05) is 0 Å². The molecule has 0 aliphatic heterocycles. The maximum absolute atomic E-state index is 2.33. The Morgan fingerprint density at radius 2 is 2.25 bits per heavy atom. The highest BCUT2D eigenvalue weighted by Gasteiger charge is 2.21. The molecular formula is C12H18. The fraction of sp³-hybridized carbons (Fsp3) is 0.500. The van der Waals surface area contributed by atoms with Gasteiger partial charge in [0.2, 0.25) is 0 Å². The van der Waals surface area contributed by atoms with Gasteiger partial charge >= 0.3 is 0 Å². The number of allylic oxidation sites excluding steroid dienone is 6. The Morgan fingerprint density at radius 3 is 2.75 bits per heavy atom.